The van der Waals surface area contributed by atoms with Gasteiger partial charge in [-0.25, -0.2) is 0 Å². The minimum Gasteiger partial charge on any atom is -0.489 e. The molecule has 17 heavy (non-hydrogen) atoms. The monoisotopic (exact) mass is 233 g/mol. The lowest BCUT2D eigenvalue weighted by Crippen LogP contribution is -2.28. The van der Waals surface area contributed by atoms with Crippen molar-refractivity contribution in [2.75, 3.05) is 0 Å². The van der Waals surface area contributed by atoms with Crippen molar-refractivity contribution in [2.45, 2.75) is 45.6 Å². The van der Waals surface area contributed by atoms with E-state index in [0.29, 0.717) is 16.7 Å². The number of hydrogen-bond acceptors (Lipinski definition) is 3. The zero-order valence-corrected chi connectivity index (χ0v) is 10.5. The lowest BCUT2D eigenvalue weighted by atomic mass is 9.76. The van der Waals surface area contributed by atoms with Crippen LogP contribution < -0.4 is 4.74 Å². The van der Waals surface area contributed by atoms with Crippen molar-refractivity contribution in [1.29, 1.82) is 0 Å². The summed E-state index contributed by atoms with van der Waals surface area (Å²) in [6.07, 6.45) is 8.83. The second-order valence-electron chi connectivity index (χ2n) is 5.55. The number of nitrogens with zero attached hydrogens (tertiary/aromatic N) is 1. The number of carbonyl (C=O) groups excluding carboxylic acids is 1. The molecule has 1 saturated carbocycles. The summed E-state index contributed by atoms with van der Waals surface area (Å²) in [5.41, 5.74) is 1.02. The summed E-state index contributed by atoms with van der Waals surface area (Å²) in [4.78, 5) is 14.6. The van der Waals surface area contributed by atoms with Gasteiger partial charge in [-0.2, -0.15) is 0 Å². The van der Waals surface area contributed by atoms with Gasteiger partial charge in [0.05, 0.1) is 12.3 Å². The average Bonchev–Trinajstić information content (AvgIpc) is 2.32. The van der Waals surface area contributed by atoms with Crippen molar-refractivity contribution < 1.29 is 9.53 Å². The van der Waals surface area contributed by atoms with Gasteiger partial charge < -0.3 is 4.74 Å². The lowest BCUT2D eigenvalue weighted by molar-refractivity contribution is 0.0981. The van der Waals surface area contributed by atoms with Gasteiger partial charge in [-0.1, -0.05) is 13.8 Å². The first-order valence-electron chi connectivity index (χ1n) is 6.16. The molecule has 3 nitrogen and oxygen atoms in total. The number of aromatic nitrogens is 1. The summed E-state index contributed by atoms with van der Waals surface area (Å²) in [5, 5.41) is 0. The van der Waals surface area contributed by atoms with E-state index in [2.05, 4.69) is 18.8 Å². The van der Waals surface area contributed by atoms with Crippen LogP contribution in [0.25, 0.3) is 0 Å². The van der Waals surface area contributed by atoms with Crippen LogP contribution in [0.1, 0.15) is 49.9 Å². The summed E-state index contributed by atoms with van der Waals surface area (Å²) in [6.45, 7) is 4.61. The van der Waals surface area contributed by atoms with Crippen molar-refractivity contribution in [2.24, 2.45) is 5.41 Å². The molecule has 1 aromatic rings. The molecule has 3 heteroatoms. The fourth-order valence-electron chi connectivity index (χ4n) is 2.25. The molecule has 0 radical (unpaired) electrons. The van der Waals surface area contributed by atoms with Gasteiger partial charge in [0.15, 0.2) is 6.29 Å². The molecule has 2 rings (SSSR count). The van der Waals surface area contributed by atoms with E-state index in [1.807, 2.05) is 0 Å². The molecule has 0 N–H and O–H groups in total. The molecular weight excluding hydrogens is 214 g/mol. The zero-order chi connectivity index (χ0) is 12.3. The molecule has 1 aromatic heterocycles. The quantitative estimate of drug-likeness (QED) is 0.752. The highest BCUT2D eigenvalue weighted by Gasteiger charge is 2.27. The summed E-state index contributed by atoms with van der Waals surface area (Å²) in [5.74, 6) is 0.708. The van der Waals surface area contributed by atoms with E-state index in [-0.39, 0.29) is 6.10 Å². The maximum atomic E-state index is 10.6. The third kappa shape index (κ3) is 3.29. The first-order chi connectivity index (χ1) is 8.09. The summed E-state index contributed by atoms with van der Waals surface area (Å²) in [7, 11) is 0. The van der Waals surface area contributed by atoms with Crippen molar-refractivity contribution in [3.8, 4) is 5.75 Å². The fourth-order valence-corrected chi connectivity index (χ4v) is 2.25. The van der Waals surface area contributed by atoms with Crippen LogP contribution >= 0.6 is 0 Å². The minimum atomic E-state index is 0.270. The Morgan fingerprint density at radius 3 is 2.71 bits per heavy atom. The Morgan fingerprint density at radius 1 is 1.35 bits per heavy atom. The molecule has 0 unspecified atom stereocenters. The van der Waals surface area contributed by atoms with Crippen molar-refractivity contribution in [3.05, 3.63) is 24.0 Å². The van der Waals surface area contributed by atoms with E-state index in [9.17, 15) is 4.79 Å². The van der Waals surface area contributed by atoms with Gasteiger partial charge in [0.25, 0.3) is 0 Å². The van der Waals surface area contributed by atoms with Gasteiger partial charge in [-0.15, -0.1) is 0 Å². The maximum Gasteiger partial charge on any atom is 0.151 e. The average molecular weight is 233 g/mol. The molecule has 0 bridgehead atoms. The molecule has 92 valence electrons. The highest BCUT2D eigenvalue weighted by molar-refractivity contribution is 5.74. The lowest BCUT2D eigenvalue weighted by Gasteiger charge is -2.34. The summed E-state index contributed by atoms with van der Waals surface area (Å²) < 4.78 is 5.87. The summed E-state index contributed by atoms with van der Waals surface area (Å²) >= 11 is 0. The van der Waals surface area contributed by atoms with E-state index >= 15 is 0 Å². The Labute approximate surface area is 102 Å². The molecule has 1 fully saturated rings. The Morgan fingerprint density at radius 2 is 2.06 bits per heavy atom. The molecule has 0 spiro atoms. The van der Waals surface area contributed by atoms with Gasteiger partial charge in [-0.3, -0.25) is 9.78 Å². The van der Waals surface area contributed by atoms with Crippen LogP contribution in [-0.4, -0.2) is 17.4 Å². The molecule has 0 amide bonds. The Hall–Kier alpha value is -1.38. The number of hydrogen-bond donors (Lipinski definition) is 0. The van der Waals surface area contributed by atoms with Crippen molar-refractivity contribution >= 4 is 6.29 Å². The number of aldehydes is 1. The first-order valence-corrected chi connectivity index (χ1v) is 6.16. The second kappa shape index (κ2) is 4.86. The van der Waals surface area contributed by atoms with Gasteiger partial charge in [0.2, 0.25) is 0 Å². The van der Waals surface area contributed by atoms with Crippen LogP contribution in [0, 0.1) is 5.41 Å². The predicted molar refractivity (Wildman–Crippen MR) is 66.3 cm³/mol. The Kier molecular flexibility index (Phi) is 3.46. The van der Waals surface area contributed by atoms with E-state index < -0.39 is 0 Å². The van der Waals surface area contributed by atoms with E-state index in [0.717, 1.165) is 19.1 Å². The largest absolute Gasteiger partial charge is 0.489 e. The van der Waals surface area contributed by atoms with Crippen LogP contribution in [0.4, 0.5) is 0 Å². The van der Waals surface area contributed by atoms with Crippen molar-refractivity contribution in [1.82, 2.24) is 4.98 Å². The molecule has 1 aliphatic carbocycles. The molecule has 0 aromatic carbocycles. The normalized spacial score (nSPS) is 19.9. The zero-order valence-electron chi connectivity index (χ0n) is 10.5. The Bertz CT molecular complexity index is 391. The number of carbonyl (C=O) groups is 1. The molecular formula is C14H19NO2. The van der Waals surface area contributed by atoms with Gasteiger partial charge in [0.1, 0.15) is 5.75 Å². The van der Waals surface area contributed by atoms with Gasteiger partial charge >= 0.3 is 0 Å². The molecule has 1 heterocycles. The van der Waals surface area contributed by atoms with Crippen LogP contribution in [0.15, 0.2) is 18.5 Å². The molecule has 1 aliphatic rings. The maximum absolute atomic E-state index is 10.6. The van der Waals surface area contributed by atoms with Gasteiger partial charge in [0, 0.05) is 11.8 Å². The minimum absolute atomic E-state index is 0.270. The van der Waals surface area contributed by atoms with E-state index in [4.69, 9.17) is 4.74 Å². The highest BCUT2D eigenvalue weighted by Crippen LogP contribution is 2.36. The van der Waals surface area contributed by atoms with Crippen LogP contribution in [-0.2, 0) is 0 Å². The second-order valence-corrected chi connectivity index (χ2v) is 5.55. The third-order valence-electron chi connectivity index (χ3n) is 3.46. The topological polar surface area (TPSA) is 39.2 Å². The Balaban J connectivity index is 1.95. The first kappa shape index (κ1) is 12.1. The van der Waals surface area contributed by atoms with Crippen molar-refractivity contribution in [3.63, 3.8) is 0 Å². The number of pyridine rings is 1. The standard InChI is InChI=1S/C14H19NO2/c1-14(2)5-3-12(4-6-14)17-13-7-11(10-16)8-15-9-13/h7-10,12H,3-6H2,1-2H3. The SMILES string of the molecule is CC1(C)CCC(Oc2cncc(C=O)c2)CC1. The number of rotatable bonds is 3. The van der Waals surface area contributed by atoms with Crippen LogP contribution in [0.5, 0.6) is 5.75 Å². The third-order valence-corrected chi connectivity index (χ3v) is 3.46. The van der Waals surface area contributed by atoms with Crippen LogP contribution in [0.2, 0.25) is 0 Å². The molecule has 0 saturated heterocycles. The van der Waals surface area contributed by atoms with E-state index in [1.165, 1.54) is 12.8 Å². The molecule has 0 aliphatic heterocycles. The smallest absolute Gasteiger partial charge is 0.151 e. The summed E-state index contributed by atoms with van der Waals surface area (Å²) in [6, 6.07) is 1.75. The van der Waals surface area contributed by atoms with E-state index in [1.54, 1.807) is 18.5 Å². The van der Waals surface area contributed by atoms with Gasteiger partial charge in [-0.05, 0) is 37.2 Å². The van der Waals surface area contributed by atoms with Crippen LogP contribution in [0.3, 0.4) is 0 Å². The highest BCUT2D eigenvalue weighted by atomic mass is 16.5. The predicted octanol–water partition coefficient (Wildman–Crippen LogP) is 3.24. The fraction of sp³-hybridized carbons (Fsp3) is 0.571. The molecule has 0 atom stereocenters. The number of ether oxygens (including phenoxy) is 1.